The quantitative estimate of drug-likeness (QED) is 0.650. The van der Waals surface area contributed by atoms with Gasteiger partial charge in [0, 0.05) is 18.9 Å². The molecule has 1 amide bonds. The van der Waals surface area contributed by atoms with Crippen molar-refractivity contribution in [2.24, 2.45) is 0 Å². The highest BCUT2D eigenvalue weighted by molar-refractivity contribution is 6.15. The lowest BCUT2D eigenvalue weighted by Crippen LogP contribution is -2.33. The van der Waals surface area contributed by atoms with Crippen LogP contribution in [-0.2, 0) is 11.2 Å². The van der Waals surface area contributed by atoms with Crippen molar-refractivity contribution in [2.45, 2.75) is 19.4 Å². The smallest absolute Gasteiger partial charge is 0.290 e. The highest BCUT2D eigenvalue weighted by Gasteiger charge is 2.44. The topological polar surface area (TPSA) is 83.6 Å². The van der Waals surface area contributed by atoms with E-state index >= 15 is 0 Å². The number of hydrogen-bond acceptors (Lipinski definition) is 5. The fourth-order valence-electron chi connectivity index (χ4n) is 3.58. The molecule has 146 valence electrons. The first kappa shape index (κ1) is 18.7. The second-order valence-electron chi connectivity index (χ2n) is 6.92. The number of aryl methyl sites for hydroxylation is 1. The molecule has 0 spiro atoms. The van der Waals surface area contributed by atoms with E-state index in [-0.39, 0.29) is 11.3 Å². The summed E-state index contributed by atoms with van der Waals surface area (Å²) in [5, 5.41) is 10.6. The van der Waals surface area contributed by atoms with Gasteiger partial charge >= 0.3 is 0 Å². The first-order valence-corrected chi connectivity index (χ1v) is 9.35. The van der Waals surface area contributed by atoms with Gasteiger partial charge in [0.05, 0.1) is 11.6 Å². The Bertz CT molecular complexity index is 1070. The summed E-state index contributed by atoms with van der Waals surface area (Å²) in [7, 11) is 0. The molecule has 1 atom stereocenters. The van der Waals surface area contributed by atoms with Crippen molar-refractivity contribution in [2.75, 3.05) is 6.54 Å². The number of ketones is 1. The number of Topliss-reactive ketones (excluding diaryl/α,β-unsaturated/α-hetero) is 1. The van der Waals surface area contributed by atoms with Crippen molar-refractivity contribution in [1.82, 2.24) is 9.88 Å². The minimum Gasteiger partial charge on any atom is -0.503 e. The van der Waals surface area contributed by atoms with Crippen LogP contribution in [0.15, 0.2) is 82.7 Å². The van der Waals surface area contributed by atoms with Gasteiger partial charge in [-0.25, -0.2) is 0 Å². The Balaban J connectivity index is 1.71. The van der Waals surface area contributed by atoms with E-state index in [9.17, 15) is 14.7 Å². The van der Waals surface area contributed by atoms with Crippen LogP contribution >= 0.6 is 0 Å². The first-order valence-electron chi connectivity index (χ1n) is 9.35. The highest BCUT2D eigenvalue weighted by Crippen LogP contribution is 2.38. The van der Waals surface area contributed by atoms with Crippen LogP contribution in [0.3, 0.4) is 0 Å². The second-order valence-corrected chi connectivity index (χ2v) is 6.92. The van der Waals surface area contributed by atoms with Crippen molar-refractivity contribution < 1.29 is 19.1 Å². The standard InChI is InChI=1S/C23H20N2O4/c1-15-9-10-18(29-15)21(26)19-20(17-8-5-12-24-14-17)25(23(28)22(19)27)13-11-16-6-3-2-4-7-16/h2-10,12,14,20,27H,11,13H2,1H3/t20-/m0/s1. The molecule has 0 fully saturated rings. The molecule has 0 unspecified atom stereocenters. The Morgan fingerprint density at radius 2 is 1.93 bits per heavy atom. The van der Waals surface area contributed by atoms with Crippen LogP contribution in [-0.4, -0.2) is 33.2 Å². The molecule has 4 rings (SSSR count). The van der Waals surface area contributed by atoms with Crippen LogP contribution in [0.5, 0.6) is 0 Å². The minimum absolute atomic E-state index is 0.0189. The zero-order valence-corrected chi connectivity index (χ0v) is 15.9. The molecule has 6 heteroatoms. The fourth-order valence-corrected chi connectivity index (χ4v) is 3.58. The summed E-state index contributed by atoms with van der Waals surface area (Å²) in [4.78, 5) is 31.6. The number of rotatable bonds is 6. The molecule has 1 aromatic carbocycles. The predicted molar refractivity (Wildman–Crippen MR) is 106 cm³/mol. The van der Waals surface area contributed by atoms with E-state index in [1.165, 1.54) is 4.90 Å². The Morgan fingerprint density at radius 3 is 2.59 bits per heavy atom. The van der Waals surface area contributed by atoms with Crippen molar-refractivity contribution in [1.29, 1.82) is 0 Å². The average molecular weight is 388 g/mol. The molecule has 1 N–H and O–H groups in total. The van der Waals surface area contributed by atoms with Crippen LogP contribution < -0.4 is 0 Å². The summed E-state index contributed by atoms with van der Waals surface area (Å²) < 4.78 is 5.45. The number of carbonyl (C=O) groups excluding carboxylic acids is 2. The van der Waals surface area contributed by atoms with E-state index in [1.54, 1.807) is 43.6 Å². The molecule has 6 nitrogen and oxygen atoms in total. The van der Waals surface area contributed by atoms with Gasteiger partial charge in [-0.05, 0) is 42.7 Å². The molecule has 2 aromatic heterocycles. The molecule has 0 saturated carbocycles. The van der Waals surface area contributed by atoms with Gasteiger partial charge in [0.15, 0.2) is 11.5 Å². The van der Waals surface area contributed by atoms with Crippen molar-refractivity contribution >= 4 is 11.7 Å². The molecule has 3 heterocycles. The van der Waals surface area contributed by atoms with E-state index in [2.05, 4.69) is 4.98 Å². The normalized spacial score (nSPS) is 16.5. The van der Waals surface area contributed by atoms with Crippen LogP contribution in [0.25, 0.3) is 0 Å². The molecule has 0 bridgehead atoms. The maximum atomic E-state index is 13.1. The van der Waals surface area contributed by atoms with Gasteiger partial charge in [-0.1, -0.05) is 36.4 Å². The van der Waals surface area contributed by atoms with E-state index in [0.717, 1.165) is 5.56 Å². The summed E-state index contributed by atoms with van der Waals surface area (Å²) in [5.41, 5.74) is 1.74. The molecule has 0 aliphatic carbocycles. The number of amides is 1. The Kier molecular flexibility index (Phi) is 4.99. The van der Waals surface area contributed by atoms with Gasteiger partial charge in [-0.15, -0.1) is 0 Å². The summed E-state index contributed by atoms with van der Waals surface area (Å²) in [6.07, 6.45) is 3.82. The number of nitrogens with zero attached hydrogens (tertiary/aromatic N) is 2. The third kappa shape index (κ3) is 3.57. The van der Waals surface area contributed by atoms with E-state index in [1.807, 2.05) is 30.3 Å². The zero-order chi connectivity index (χ0) is 20.4. The summed E-state index contributed by atoms with van der Waals surface area (Å²) in [5.74, 6) is -0.931. The lowest BCUT2D eigenvalue weighted by molar-refractivity contribution is -0.129. The van der Waals surface area contributed by atoms with Crippen LogP contribution in [0.4, 0.5) is 0 Å². The zero-order valence-electron chi connectivity index (χ0n) is 15.9. The fraction of sp³-hybridized carbons (Fsp3) is 0.174. The lowest BCUT2D eigenvalue weighted by Gasteiger charge is -2.26. The van der Waals surface area contributed by atoms with E-state index in [0.29, 0.717) is 24.3 Å². The van der Waals surface area contributed by atoms with E-state index < -0.39 is 23.5 Å². The minimum atomic E-state index is -0.724. The van der Waals surface area contributed by atoms with Crippen molar-refractivity contribution in [3.05, 3.63) is 101 Å². The molecule has 0 saturated heterocycles. The maximum absolute atomic E-state index is 13.1. The molecule has 1 aliphatic heterocycles. The number of carbonyl (C=O) groups is 2. The highest BCUT2D eigenvalue weighted by atomic mass is 16.3. The third-order valence-electron chi connectivity index (χ3n) is 5.00. The Morgan fingerprint density at radius 1 is 1.14 bits per heavy atom. The van der Waals surface area contributed by atoms with Gasteiger partial charge in [-0.2, -0.15) is 0 Å². The Hall–Kier alpha value is -3.67. The number of aliphatic hydroxyl groups excluding tert-OH is 1. The average Bonchev–Trinajstić information content (AvgIpc) is 3.29. The van der Waals surface area contributed by atoms with Gasteiger partial charge in [-0.3, -0.25) is 14.6 Å². The second kappa shape index (κ2) is 7.75. The molecule has 3 aromatic rings. The number of pyridine rings is 1. The molecular weight excluding hydrogens is 368 g/mol. The van der Waals surface area contributed by atoms with Crippen molar-refractivity contribution in [3.63, 3.8) is 0 Å². The van der Waals surface area contributed by atoms with Crippen LogP contribution in [0, 0.1) is 6.92 Å². The maximum Gasteiger partial charge on any atom is 0.290 e. The van der Waals surface area contributed by atoms with Gasteiger partial charge in [0.2, 0.25) is 5.78 Å². The predicted octanol–water partition coefficient (Wildman–Crippen LogP) is 3.80. The van der Waals surface area contributed by atoms with Gasteiger partial charge in [0.25, 0.3) is 5.91 Å². The summed E-state index contributed by atoms with van der Waals surface area (Å²) >= 11 is 0. The first-order chi connectivity index (χ1) is 14.1. The number of aromatic nitrogens is 1. The molecule has 1 aliphatic rings. The number of aliphatic hydroxyl groups is 1. The summed E-state index contributed by atoms with van der Waals surface area (Å²) in [6, 6.07) is 15.8. The molecule has 0 radical (unpaired) electrons. The monoisotopic (exact) mass is 388 g/mol. The van der Waals surface area contributed by atoms with Gasteiger partial charge < -0.3 is 14.4 Å². The number of benzene rings is 1. The largest absolute Gasteiger partial charge is 0.503 e. The third-order valence-corrected chi connectivity index (χ3v) is 5.00. The number of furan rings is 1. The summed E-state index contributed by atoms with van der Waals surface area (Å²) in [6.45, 7) is 2.08. The van der Waals surface area contributed by atoms with E-state index in [4.69, 9.17) is 4.42 Å². The van der Waals surface area contributed by atoms with Crippen LogP contribution in [0.2, 0.25) is 0 Å². The number of hydrogen-bond donors (Lipinski definition) is 1. The Labute approximate surface area is 168 Å². The molecular formula is C23H20N2O4. The van der Waals surface area contributed by atoms with Crippen LogP contribution in [0.1, 0.15) is 33.5 Å². The molecule has 29 heavy (non-hydrogen) atoms. The SMILES string of the molecule is Cc1ccc(C(=O)C2=C(O)C(=O)N(CCc3ccccc3)[C@H]2c2cccnc2)o1. The lowest BCUT2D eigenvalue weighted by atomic mass is 9.96. The van der Waals surface area contributed by atoms with Gasteiger partial charge in [0.1, 0.15) is 5.76 Å². The van der Waals surface area contributed by atoms with Crippen molar-refractivity contribution in [3.8, 4) is 0 Å².